The molecule has 6 heteroatoms. The highest BCUT2D eigenvalue weighted by atomic mass is 32.2. The van der Waals surface area contributed by atoms with Gasteiger partial charge in [0.05, 0.1) is 11.5 Å². The third-order valence-corrected chi connectivity index (χ3v) is 4.65. The van der Waals surface area contributed by atoms with Crippen LogP contribution in [0.1, 0.15) is 19.3 Å². The van der Waals surface area contributed by atoms with E-state index in [0.717, 1.165) is 24.6 Å². The van der Waals surface area contributed by atoms with Crippen LogP contribution in [0.4, 0.5) is 0 Å². The zero-order valence-electron chi connectivity index (χ0n) is 9.27. The van der Waals surface area contributed by atoms with Gasteiger partial charge in [0.1, 0.15) is 0 Å². The number of carbonyl (C=O) groups is 2. The van der Waals surface area contributed by atoms with Gasteiger partial charge in [-0.05, 0) is 19.1 Å². The third-order valence-electron chi connectivity index (χ3n) is 2.56. The summed E-state index contributed by atoms with van der Waals surface area (Å²) in [7, 11) is 0. The van der Waals surface area contributed by atoms with Crippen molar-refractivity contribution in [1.82, 2.24) is 5.32 Å². The predicted molar refractivity (Wildman–Crippen MR) is 68.0 cm³/mol. The van der Waals surface area contributed by atoms with Crippen molar-refractivity contribution in [3.63, 3.8) is 0 Å². The first-order chi connectivity index (χ1) is 7.63. The van der Waals surface area contributed by atoms with E-state index in [2.05, 4.69) is 11.6 Å². The molecule has 0 aromatic heterocycles. The second kappa shape index (κ2) is 7.06. The molecule has 2 unspecified atom stereocenters. The Balaban J connectivity index is 2.20. The van der Waals surface area contributed by atoms with Gasteiger partial charge in [0, 0.05) is 11.3 Å². The van der Waals surface area contributed by atoms with E-state index in [1.807, 2.05) is 0 Å². The molecule has 1 fully saturated rings. The van der Waals surface area contributed by atoms with E-state index in [0.29, 0.717) is 5.25 Å². The summed E-state index contributed by atoms with van der Waals surface area (Å²) in [5.41, 5.74) is 0. The lowest BCUT2D eigenvalue weighted by Gasteiger charge is -2.18. The van der Waals surface area contributed by atoms with Gasteiger partial charge in [0.15, 0.2) is 0 Å². The van der Waals surface area contributed by atoms with E-state index in [9.17, 15) is 9.59 Å². The molecule has 0 heterocycles. The lowest BCUT2D eigenvalue weighted by atomic mass is 10.2. The zero-order chi connectivity index (χ0) is 12.0. The van der Waals surface area contributed by atoms with Crippen LogP contribution in [0.15, 0.2) is 0 Å². The highest BCUT2D eigenvalue weighted by Gasteiger charge is 2.27. The summed E-state index contributed by atoms with van der Waals surface area (Å²) >= 11 is 2.94. The smallest absolute Gasteiger partial charge is 0.313 e. The Morgan fingerprint density at radius 1 is 1.38 bits per heavy atom. The molecule has 92 valence electrons. The average Bonchev–Trinajstić information content (AvgIpc) is 2.64. The van der Waals surface area contributed by atoms with Gasteiger partial charge in [-0.25, -0.2) is 0 Å². The molecule has 2 N–H and O–H groups in total. The van der Waals surface area contributed by atoms with Crippen LogP contribution in [0.2, 0.25) is 0 Å². The molecule has 1 amide bonds. The van der Waals surface area contributed by atoms with Crippen molar-refractivity contribution >= 4 is 35.4 Å². The fourth-order valence-electron chi connectivity index (χ4n) is 1.85. The van der Waals surface area contributed by atoms with Crippen molar-refractivity contribution in [2.45, 2.75) is 30.6 Å². The molecule has 0 saturated heterocycles. The first-order valence-corrected chi connectivity index (χ1v) is 7.69. The van der Waals surface area contributed by atoms with Crippen LogP contribution < -0.4 is 5.32 Å². The first kappa shape index (κ1) is 13.7. The molecule has 0 aromatic carbocycles. The van der Waals surface area contributed by atoms with Crippen LogP contribution in [0.3, 0.4) is 0 Å². The normalized spacial score (nSPS) is 24.3. The van der Waals surface area contributed by atoms with Crippen molar-refractivity contribution in [3.05, 3.63) is 0 Å². The van der Waals surface area contributed by atoms with E-state index in [1.165, 1.54) is 6.42 Å². The number of amides is 1. The Kier molecular flexibility index (Phi) is 6.05. The minimum atomic E-state index is -0.874. The number of hydrogen-bond donors (Lipinski definition) is 2. The van der Waals surface area contributed by atoms with Crippen molar-refractivity contribution in [2.24, 2.45) is 0 Å². The largest absolute Gasteiger partial charge is 0.481 e. The lowest BCUT2D eigenvalue weighted by molar-refractivity contribution is -0.133. The summed E-state index contributed by atoms with van der Waals surface area (Å²) in [6.45, 7) is 0. The van der Waals surface area contributed by atoms with Gasteiger partial charge in [0.25, 0.3) is 0 Å². The van der Waals surface area contributed by atoms with Gasteiger partial charge in [0.2, 0.25) is 5.91 Å². The summed E-state index contributed by atoms with van der Waals surface area (Å²) < 4.78 is 0. The fraction of sp³-hybridized carbons (Fsp3) is 0.800. The molecule has 1 rings (SSSR count). The SMILES string of the molecule is CSC1CCCC1NC(=O)CSCC(=O)O. The molecule has 0 spiro atoms. The van der Waals surface area contributed by atoms with E-state index < -0.39 is 5.97 Å². The van der Waals surface area contributed by atoms with E-state index in [-0.39, 0.29) is 23.5 Å². The fourth-order valence-corrected chi connectivity index (χ4v) is 3.33. The molecule has 1 aliphatic carbocycles. The molecule has 0 aliphatic heterocycles. The quantitative estimate of drug-likeness (QED) is 0.754. The molecule has 1 aliphatic rings. The summed E-state index contributed by atoms with van der Waals surface area (Å²) in [5.74, 6) is -0.689. The molecule has 0 aromatic rings. The number of rotatable bonds is 6. The maximum atomic E-state index is 11.5. The highest BCUT2D eigenvalue weighted by molar-refractivity contribution is 8.00. The van der Waals surface area contributed by atoms with Crippen LogP contribution in [0, 0.1) is 0 Å². The third kappa shape index (κ3) is 4.65. The molecular weight excluding hydrogens is 246 g/mol. The summed E-state index contributed by atoms with van der Waals surface area (Å²) in [6, 6.07) is 0.271. The van der Waals surface area contributed by atoms with Crippen LogP contribution in [0.5, 0.6) is 0 Å². The van der Waals surface area contributed by atoms with Crippen LogP contribution in [0.25, 0.3) is 0 Å². The lowest BCUT2D eigenvalue weighted by Crippen LogP contribution is -2.39. The number of thioether (sulfide) groups is 2. The maximum Gasteiger partial charge on any atom is 0.313 e. The zero-order valence-corrected chi connectivity index (χ0v) is 10.9. The number of carboxylic acid groups (broad SMARTS) is 1. The average molecular weight is 263 g/mol. The Labute approximate surface area is 104 Å². The number of carbonyl (C=O) groups excluding carboxylic acids is 1. The number of carboxylic acids is 1. The summed E-state index contributed by atoms with van der Waals surface area (Å²) in [4.78, 5) is 21.8. The summed E-state index contributed by atoms with van der Waals surface area (Å²) in [5, 5.41) is 11.9. The predicted octanol–water partition coefficient (Wildman–Crippen LogP) is 1.20. The number of nitrogens with one attached hydrogen (secondary N) is 1. The van der Waals surface area contributed by atoms with E-state index in [1.54, 1.807) is 11.8 Å². The van der Waals surface area contributed by atoms with Gasteiger partial charge < -0.3 is 10.4 Å². The molecule has 2 atom stereocenters. The Morgan fingerprint density at radius 2 is 2.12 bits per heavy atom. The van der Waals surface area contributed by atoms with Gasteiger partial charge in [-0.1, -0.05) is 6.42 Å². The van der Waals surface area contributed by atoms with Crippen molar-refractivity contribution < 1.29 is 14.7 Å². The topological polar surface area (TPSA) is 66.4 Å². The molecule has 1 saturated carbocycles. The molecule has 0 radical (unpaired) electrons. The van der Waals surface area contributed by atoms with Gasteiger partial charge >= 0.3 is 5.97 Å². The standard InChI is InChI=1S/C10H17NO3S2/c1-15-8-4-2-3-7(8)11-9(12)5-16-6-10(13)14/h7-8H,2-6H2,1H3,(H,11,12)(H,13,14). The van der Waals surface area contributed by atoms with Crippen molar-refractivity contribution in [3.8, 4) is 0 Å². The molecule has 16 heavy (non-hydrogen) atoms. The van der Waals surface area contributed by atoms with Gasteiger partial charge in [-0.15, -0.1) is 11.8 Å². The number of aliphatic carboxylic acids is 1. The molecule has 0 bridgehead atoms. The maximum absolute atomic E-state index is 11.5. The van der Waals surface area contributed by atoms with Gasteiger partial charge in [-0.3, -0.25) is 9.59 Å². The van der Waals surface area contributed by atoms with Crippen molar-refractivity contribution in [2.75, 3.05) is 17.8 Å². The van der Waals surface area contributed by atoms with Crippen LogP contribution >= 0.6 is 23.5 Å². The van der Waals surface area contributed by atoms with Crippen LogP contribution in [-0.2, 0) is 9.59 Å². The van der Waals surface area contributed by atoms with Crippen LogP contribution in [-0.4, -0.2) is 46.0 Å². The van der Waals surface area contributed by atoms with E-state index in [4.69, 9.17) is 5.11 Å². The number of hydrogen-bond acceptors (Lipinski definition) is 4. The Bertz CT molecular complexity index is 260. The molecular formula is C10H17NO3S2. The molecule has 4 nitrogen and oxygen atoms in total. The minimum Gasteiger partial charge on any atom is -0.481 e. The Hall–Kier alpha value is -0.360. The second-order valence-corrected chi connectivity index (χ2v) is 5.83. The monoisotopic (exact) mass is 263 g/mol. The minimum absolute atomic E-state index is 0.00988. The first-order valence-electron chi connectivity index (χ1n) is 5.25. The highest BCUT2D eigenvalue weighted by Crippen LogP contribution is 2.28. The Morgan fingerprint density at radius 3 is 2.75 bits per heavy atom. The van der Waals surface area contributed by atoms with Crippen molar-refractivity contribution in [1.29, 1.82) is 0 Å². The summed E-state index contributed by atoms with van der Waals surface area (Å²) in [6.07, 6.45) is 5.43. The second-order valence-electron chi connectivity index (χ2n) is 3.77. The van der Waals surface area contributed by atoms with E-state index >= 15 is 0 Å². The van der Waals surface area contributed by atoms with Gasteiger partial charge in [-0.2, -0.15) is 11.8 Å².